The minimum atomic E-state index is -0.154. The van der Waals surface area contributed by atoms with Gasteiger partial charge in [0, 0.05) is 12.4 Å². The summed E-state index contributed by atoms with van der Waals surface area (Å²) in [4.78, 5) is 15.2. The van der Waals surface area contributed by atoms with Crippen LogP contribution in [0.5, 0.6) is 0 Å². The number of thioether (sulfide) groups is 1. The molecule has 0 saturated carbocycles. The molecule has 0 radical (unpaired) electrons. The van der Waals surface area contributed by atoms with Gasteiger partial charge in [-0.25, -0.2) is 0 Å². The number of rotatable bonds is 6. The van der Waals surface area contributed by atoms with Crippen LogP contribution >= 0.6 is 11.8 Å². The number of hydrogen-bond donors (Lipinski definition) is 0. The summed E-state index contributed by atoms with van der Waals surface area (Å²) < 4.78 is 2.03. The van der Waals surface area contributed by atoms with Gasteiger partial charge >= 0.3 is 0 Å². The van der Waals surface area contributed by atoms with Crippen molar-refractivity contribution in [3.8, 4) is 0 Å². The molecule has 6 heteroatoms. The molecule has 164 valence electrons. The normalized spacial score (nSPS) is 11.4. The third-order valence-corrected chi connectivity index (χ3v) is 6.82. The highest BCUT2D eigenvalue weighted by atomic mass is 32.2. The maximum absolute atomic E-state index is 13.3. The molecule has 0 saturated heterocycles. The molecular weight excluding hydrogens is 428 g/mol. The minimum Gasteiger partial charge on any atom is -0.334 e. The van der Waals surface area contributed by atoms with Crippen LogP contribution in [0.3, 0.4) is 0 Å². The first-order chi connectivity index (χ1) is 16.1. The first kappa shape index (κ1) is 21.2. The first-order valence-electron chi connectivity index (χ1n) is 10.9. The topological polar surface area (TPSA) is 50.5 Å². The lowest BCUT2D eigenvalue weighted by Gasteiger charge is -2.29. The summed E-state index contributed by atoms with van der Waals surface area (Å²) in [5.74, 6) is 0.307. The molecule has 0 unspecified atom stereocenters. The second-order valence-corrected chi connectivity index (χ2v) is 8.98. The van der Waals surface area contributed by atoms with E-state index < -0.39 is 0 Å². The predicted octanol–water partition coefficient (Wildman–Crippen LogP) is 5.53. The molecule has 0 aliphatic carbocycles. The largest absolute Gasteiger partial charge is 0.334 e. The van der Waals surface area contributed by atoms with Gasteiger partial charge in [0.15, 0.2) is 10.8 Å². The number of aromatic nitrogens is 3. The van der Waals surface area contributed by atoms with Crippen LogP contribution in [0.4, 0.5) is 0 Å². The van der Waals surface area contributed by atoms with Crippen molar-refractivity contribution in [3.05, 3.63) is 108 Å². The zero-order chi connectivity index (χ0) is 22.8. The zero-order valence-corrected chi connectivity index (χ0v) is 19.4. The molecular formula is C27H24N4OS. The molecule has 0 aliphatic rings. The maximum atomic E-state index is 13.3. The Bertz CT molecular complexity index is 1380. The molecule has 2 heterocycles. The number of fused-ring (bicyclic) bond motifs is 3. The van der Waals surface area contributed by atoms with E-state index in [1.54, 1.807) is 0 Å². The van der Waals surface area contributed by atoms with E-state index in [0.29, 0.717) is 0 Å². The molecule has 0 bridgehead atoms. The van der Waals surface area contributed by atoms with Crippen LogP contribution in [0.25, 0.3) is 16.6 Å². The lowest BCUT2D eigenvalue weighted by atomic mass is 9.97. The summed E-state index contributed by atoms with van der Waals surface area (Å²) in [6.45, 7) is 2.08. The molecule has 0 aliphatic heterocycles. The van der Waals surface area contributed by atoms with Crippen molar-refractivity contribution < 1.29 is 4.79 Å². The molecule has 0 N–H and O–H groups in total. The van der Waals surface area contributed by atoms with Gasteiger partial charge in [0.25, 0.3) is 0 Å². The second kappa shape index (κ2) is 9.08. The molecule has 5 rings (SSSR count). The summed E-state index contributed by atoms with van der Waals surface area (Å²) >= 11 is 1.42. The van der Waals surface area contributed by atoms with Gasteiger partial charge in [0.1, 0.15) is 0 Å². The van der Waals surface area contributed by atoms with Gasteiger partial charge in [0.2, 0.25) is 5.91 Å². The van der Waals surface area contributed by atoms with Crippen molar-refractivity contribution >= 4 is 34.2 Å². The maximum Gasteiger partial charge on any atom is 0.233 e. The first-order valence-corrected chi connectivity index (χ1v) is 11.8. The molecule has 0 fully saturated rings. The van der Waals surface area contributed by atoms with E-state index in [2.05, 4.69) is 53.5 Å². The van der Waals surface area contributed by atoms with Crippen LogP contribution in [-0.4, -0.2) is 38.2 Å². The van der Waals surface area contributed by atoms with Crippen LogP contribution in [0.2, 0.25) is 0 Å². The monoisotopic (exact) mass is 452 g/mol. The average molecular weight is 453 g/mol. The Balaban J connectivity index is 1.43. The fraction of sp³-hybridized carbons (Fsp3) is 0.148. The number of carbonyl (C=O) groups excluding carboxylic acids is 1. The minimum absolute atomic E-state index is 0.0332. The average Bonchev–Trinajstić information content (AvgIpc) is 3.27. The van der Waals surface area contributed by atoms with E-state index in [9.17, 15) is 4.79 Å². The molecule has 2 aromatic heterocycles. The Morgan fingerprint density at radius 3 is 2.18 bits per heavy atom. The Hall–Kier alpha value is -3.64. The Morgan fingerprint density at radius 2 is 1.52 bits per heavy atom. The number of hydrogen-bond acceptors (Lipinski definition) is 4. The third kappa shape index (κ3) is 4.10. The Kier molecular flexibility index (Phi) is 5.84. The molecule has 33 heavy (non-hydrogen) atoms. The van der Waals surface area contributed by atoms with Crippen molar-refractivity contribution in [2.45, 2.75) is 18.1 Å². The fourth-order valence-electron chi connectivity index (χ4n) is 4.25. The van der Waals surface area contributed by atoms with Gasteiger partial charge < -0.3 is 4.90 Å². The molecule has 5 nitrogen and oxygen atoms in total. The summed E-state index contributed by atoms with van der Waals surface area (Å²) in [6.07, 6.45) is 0. The number of para-hydroxylation sites is 1. The van der Waals surface area contributed by atoms with Gasteiger partial charge in [-0.05, 0) is 35.7 Å². The van der Waals surface area contributed by atoms with Gasteiger partial charge in [-0.3, -0.25) is 9.20 Å². The Labute approximate surface area is 197 Å². The number of amides is 1. The van der Waals surface area contributed by atoms with E-state index in [-0.39, 0.29) is 17.7 Å². The number of benzene rings is 3. The highest BCUT2D eigenvalue weighted by molar-refractivity contribution is 7.99. The van der Waals surface area contributed by atoms with Crippen molar-refractivity contribution in [2.24, 2.45) is 0 Å². The van der Waals surface area contributed by atoms with Gasteiger partial charge in [-0.2, -0.15) is 0 Å². The number of pyridine rings is 1. The summed E-state index contributed by atoms with van der Waals surface area (Å²) in [6, 6.07) is 30.4. The Morgan fingerprint density at radius 1 is 0.909 bits per heavy atom. The fourth-order valence-corrected chi connectivity index (χ4v) is 5.13. The highest BCUT2D eigenvalue weighted by Gasteiger charge is 2.24. The van der Waals surface area contributed by atoms with E-state index in [4.69, 9.17) is 0 Å². The molecule has 0 spiro atoms. The number of nitrogens with zero attached hydrogens (tertiary/aromatic N) is 4. The van der Waals surface area contributed by atoms with Gasteiger partial charge in [-0.1, -0.05) is 90.6 Å². The van der Waals surface area contributed by atoms with E-state index in [1.807, 2.05) is 70.9 Å². The van der Waals surface area contributed by atoms with E-state index >= 15 is 0 Å². The summed E-state index contributed by atoms with van der Waals surface area (Å²) in [7, 11) is 1.87. The highest BCUT2D eigenvalue weighted by Crippen LogP contribution is 2.30. The van der Waals surface area contributed by atoms with Gasteiger partial charge in [0.05, 0.1) is 17.3 Å². The van der Waals surface area contributed by atoms with Crippen molar-refractivity contribution in [3.63, 3.8) is 0 Å². The van der Waals surface area contributed by atoms with E-state index in [0.717, 1.165) is 38.4 Å². The standard InChI is InChI=1S/C27H24N4OS/c1-19-17-24-28-29-27(31(24)23-16-10-9-15-22(19)23)33-18-25(32)30(2)26(20-11-5-3-6-12-20)21-13-7-4-8-14-21/h3-17,26H,18H2,1-2H3. The summed E-state index contributed by atoms with van der Waals surface area (Å²) in [5.41, 5.74) is 5.16. The summed E-state index contributed by atoms with van der Waals surface area (Å²) in [5, 5.41) is 10.6. The molecule has 5 aromatic rings. The van der Waals surface area contributed by atoms with Crippen molar-refractivity contribution in [1.82, 2.24) is 19.5 Å². The number of carbonyl (C=O) groups is 1. The molecule has 3 aromatic carbocycles. The van der Waals surface area contributed by atoms with Crippen LogP contribution in [0.1, 0.15) is 22.7 Å². The quantitative estimate of drug-likeness (QED) is 0.318. The second-order valence-electron chi connectivity index (χ2n) is 8.04. The lowest BCUT2D eigenvalue weighted by Crippen LogP contribution is -2.33. The van der Waals surface area contributed by atoms with Crippen LogP contribution in [0, 0.1) is 6.92 Å². The van der Waals surface area contributed by atoms with Crippen molar-refractivity contribution in [1.29, 1.82) is 0 Å². The SMILES string of the molecule is Cc1cc2nnc(SCC(=O)N(C)C(c3ccccc3)c3ccccc3)n2c2ccccc12. The van der Waals surface area contributed by atoms with Crippen LogP contribution in [0.15, 0.2) is 96.2 Å². The van der Waals surface area contributed by atoms with Crippen LogP contribution in [-0.2, 0) is 4.79 Å². The smallest absolute Gasteiger partial charge is 0.233 e. The molecule has 1 amide bonds. The molecule has 0 atom stereocenters. The number of aryl methyl sites for hydroxylation is 1. The van der Waals surface area contributed by atoms with Crippen molar-refractivity contribution in [2.75, 3.05) is 12.8 Å². The van der Waals surface area contributed by atoms with Gasteiger partial charge in [-0.15, -0.1) is 10.2 Å². The third-order valence-electron chi connectivity index (χ3n) is 5.91. The van der Waals surface area contributed by atoms with E-state index in [1.165, 1.54) is 11.8 Å². The lowest BCUT2D eigenvalue weighted by molar-refractivity contribution is -0.128. The van der Waals surface area contributed by atoms with Crippen LogP contribution < -0.4 is 0 Å². The zero-order valence-electron chi connectivity index (χ0n) is 18.6. The predicted molar refractivity (Wildman–Crippen MR) is 133 cm³/mol.